The molecule has 21 heavy (non-hydrogen) atoms. The van der Waals surface area contributed by atoms with E-state index < -0.39 is 5.97 Å². The number of esters is 1. The molecule has 0 aliphatic rings. The molecule has 0 aromatic carbocycles. The highest BCUT2D eigenvalue weighted by Crippen LogP contribution is 2.25. The van der Waals surface area contributed by atoms with Gasteiger partial charge in [0.25, 0.3) is 0 Å². The van der Waals surface area contributed by atoms with Crippen LogP contribution in [0.3, 0.4) is 0 Å². The Labute approximate surface area is 129 Å². The second-order valence-corrected chi connectivity index (χ2v) is 6.10. The average Bonchev–Trinajstić information content (AvgIpc) is 2.86. The number of amides is 1. The van der Waals surface area contributed by atoms with Gasteiger partial charge in [0.15, 0.2) is 0 Å². The third-order valence-corrected chi connectivity index (χ3v) is 3.97. The van der Waals surface area contributed by atoms with Crippen LogP contribution in [-0.2, 0) is 9.53 Å². The lowest BCUT2D eigenvalue weighted by molar-refractivity contribution is -0.119. The highest BCUT2D eigenvalue weighted by atomic mass is 32.1. The Bertz CT molecular complexity index is 471. The normalized spacial score (nSPS) is 13.5. The van der Waals surface area contributed by atoms with E-state index in [-0.39, 0.29) is 17.9 Å². The van der Waals surface area contributed by atoms with Gasteiger partial charge in [-0.15, -0.1) is 11.3 Å². The molecule has 0 bridgehead atoms. The molecule has 2 unspecified atom stereocenters. The van der Waals surface area contributed by atoms with E-state index in [9.17, 15) is 9.59 Å². The first-order chi connectivity index (χ1) is 9.95. The molecular formula is C15H24N2O3S. The zero-order chi connectivity index (χ0) is 15.8. The van der Waals surface area contributed by atoms with Crippen molar-refractivity contribution in [1.29, 1.82) is 0 Å². The first kappa shape index (κ1) is 17.7. The summed E-state index contributed by atoms with van der Waals surface area (Å²) in [6.45, 7) is 5.91. The molecule has 3 N–H and O–H groups in total. The van der Waals surface area contributed by atoms with Gasteiger partial charge in [-0.25, -0.2) is 4.79 Å². The average molecular weight is 312 g/mol. The smallest absolute Gasteiger partial charge is 0.341 e. The van der Waals surface area contributed by atoms with E-state index in [1.807, 2.05) is 13.8 Å². The summed E-state index contributed by atoms with van der Waals surface area (Å²) in [7, 11) is 0. The SMILES string of the molecule is CCOC(=O)c1ccsc1NC(=O)C(C)CCCC(C)N. The highest BCUT2D eigenvalue weighted by Gasteiger charge is 2.19. The molecule has 0 aliphatic carbocycles. The van der Waals surface area contributed by atoms with Crippen LogP contribution in [0.4, 0.5) is 5.00 Å². The lowest BCUT2D eigenvalue weighted by Gasteiger charge is -2.13. The van der Waals surface area contributed by atoms with E-state index in [4.69, 9.17) is 10.5 Å². The second-order valence-electron chi connectivity index (χ2n) is 5.18. The number of nitrogens with two attached hydrogens (primary N) is 1. The number of ether oxygens (including phenoxy) is 1. The molecule has 0 spiro atoms. The fraction of sp³-hybridized carbons (Fsp3) is 0.600. The predicted octanol–water partition coefficient (Wildman–Crippen LogP) is 3.02. The van der Waals surface area contributed by atoms with Gasteiger partial charge in [0.05, 0.1) is 12.2 Å². The maximum Gasteiger partial charge on any atom is 0.341 e. The summed E-state index contributed by atoms with van der Waals surface area (Å²) in [5, 5.41) is 5.13. The van der Waals surface area contributed by atoms with Crippen molar-refractivity contribution in [2.24, 2.45) is 11.7 Å². The van der Waals surface area contributed by atoms with Gasteiger partial charge in [-0.1, -0.05) is 13.3 Å². The number of nitrogens with one attached hydrogen (secondary N) is 1. The third kappa shape index (κ3) is 5.85. The first-order valence-corrected chi connectivity index (χ1v) is 8.14. The molecule has 0 saturated heterocycles. The lowest BCUT2D eigenvalue weighted by atomic mass is 10.0. The fourth-order valence-electron chi connectivity index (χ4n) is 1.89. The van der Waals surface area contributed by atoms with Crippen LogP contribution in [0.5, 0.6) is 0 Å². The number of hydrogen-bond acceptors (Lipinski definition) is 5. The van der Waals surface area contributed by atoms with Crippen molar-refractivity contribution < 1.29 is 14.3 Å². The standard InChI is InChI=1S/C15H24N2O3S/c1-4-20-15(19)12-8-9-21-14(12)17-13(18)10(2)6-5-7-11(3)16/h8-11H,4-7,16H2,1-3H3,(H,17,18). The van der Waals surface area contributed by atoms with Crippen LogP contribution in [0, 0.1) is 5.92 Å². The van der Waals surface area contributed by atoms with Gasteiger partial charge in [0.1, 0.15) is 5.00 Å². The summed E-state index contributed by atoms with van der Waals surface area (Å²) in [5.74, 6) is -0.591. The van der Waals surface area contributed by atoms with E-state index in [0.29, 0.717) is 17.2 Å². The Hall–Kier alpha value is -1.40. The Morgan fingerprint density at radius 2 is 2.10 bits per heavy atom. The topological polar surface area (TPSA) is 81.4 Å². The van der Waals surface area contributed by atoms with Crippen LogP contribution in [-0.4, -0.2) is 24.5 Å². The molecule has 2 atom stereocenters. The molecule has 118 valence electrons. The number of carbonyl (C=O) groups is 2. The maximum absolute atomic E-state index is 12.1. The number of carbonyl (C=O) groups excluding carboxylic acids is 2. The van der Waals surface area contributed by atoms with Crippen LogP contribution in [0.2, 0.25) is 0 Å². The number of rotatable bonds is 8. The Morgan fingerprint density at radius 3 is 2.71 bits per heavy atom. The van der Waals surface area contributed by atoms with Gasteiger partial charge < -0.3 is 15.8 Å². The largest absolute Gasteiger partial charge is 0.462 e. The highest BCUT2D eigenvalue weighted by molar-refractivity contribution is 7.14. The fourth-order valence-corrected chi connectivity index (χ4v) is 2.67. The lowest BCUT2D eigenvalue weighted by Crippen LogP contribution is -2.22. The summed E-state index contributed by atoms with van der Waals surface area (Å²) >= 11 is 1.33. The minimum Gasteiger partial charge on any atom is -0.462 e. The van der Waals surface area contributed by atoms with Crippen LogP contribution in [0.1, 0.15) is 50.4 Å². The van der Waals surface area contributed by atoms with E-state index >= 15 is 0 Å². The van der Waals surface area contributed by atoms with Crippen molar-refractivity contribution in [2.75, 3.05) is 11.9 Å². The molecule has 0 radical (unpaired) electrons. The molecule has 5 nitrogen and oxygen atoms in total. The van der Waals surface area contributed by atoms with Crippen LogP contribution < -0.4 is 11.1 Å². The van der Waals surface area contributed by atoms with Gasteiger partial charge in [-0.05, 0) is 38.1 Å². The van der Waals surface area contributed by atoms with E-state index in [0.717, 1.165) is 19.3 Å². The van der Waals surface area contributed by atoms with Crippen molar-refractivity contribution in [3.63, 3.8) is 0 Å². The monoisotopic (exact) mass is 312 g/mol. The van der Waals surface area contributed by atoms with Gasteiger partial charge in [0.2, 0.25) is 5.91 Å². The molecule has 1 rings (SSSR count). The number of thiophene rings is 1. The summed E-state index contributed by atoms with van der Waals surface area (Å²) in [6, 6.07) is 1.83. The first-order valence-electron chi connectivity index (χ1n) is 7.26. The molecule has 0 fully saturated rings. The summed E-state index contributed by atoms with van der Waals surface area (Å²) in [5.41, 5.74) is 6.11. The second kappa shape index (κ2) is 8.79. The molecule has 1 heterocycles. The minimum atomic E-state index is -0.404. The summed E-state index contributed by atoms with van der Waals surface area (Å²) in [4.78, 5) is 23.9. The third-order valence-electron chi connectivity index (χ3n) is 3.14. The van der Waals surface area contributed by atoms with Crippen molar-refractivity contribution >= 4 is 28.2 Å². The molecule has 1 amide bonds. The van der Waals surface area contributed by atoms with Crippen molar-refractivity contribution in [3.05, 3.63) is 17.0 Å². The Kier molecular flexibility index (Phi) is 7.39. The van der Waals surface area contributed by atoms with Crippen molar-refractivity contribution in [2.45, 2.75) is 46.1 Å². The van der Waals surface area contributed by atoms with Crippen LogP contribution in [0.25, 0.3) is 0 Å². The molecule has 1 aromatic rings. The predicted molar refractivity (Wildman–Crippen MR) is 85.6 cm³/mol. The van der Waals surface area contributed by atoms with Crippen LogP contribution >= 0.6 is 11.3 Å². The molecular weight excluding hydrogens is 288 g/mol. The van der Waals surface area contributed by atoms with Gasteiger partial charge >= 0.3 is 5.97 Å². The quantitative estimate of drug-likeness (QED) is 0.723. The van der Waals surface area contributed by atoms with Crippen molar-refractivity contribution in [1.82, 2.24) is 0 Å². The van der Waals surface area contributed by atoms with Gasteiger partial charge in [-0.2, -0.15) is 0 Å². The van der Waals surface area contributed by atoms with Gasteiger partial charge in [-0.3, -0.25) is 4.79 Å². The molecule has 0 saturated carbocycles. The number of hydrogen-bond donors (Lipinski definition) is 2. The maximum atomic E-state index is 12.1. The Morgan fingerprint density at radius 1 is 1.38 bits per heavy atom. The van der Waals surface area contributed by atoms with E-state index in [1.165, 1.54) is 11.3 Å². The minimum absolute atomic E-state index is 0.0762. The molecule has 1 aromatic heterocycles. The van der Waals surface area contributed by atoms with Crippen molar-refractivity contribution in [3.8, 4) is 0 Å². The summed E-state index contributed by atoms with van der Waals surface area (Å²) in [6.07, 6.45) is 2.61. The van der Waals surface area contributed by atoms with E-state index in [1.54, 1.807) is 18.4 Å². The summed E-state index contributed by atoms with van der Waals surface area (Å²) < 4.78 is 4.96. The molecule has 6 heteroatoms. The number of anilines is 1. The zero-order valence-electron chi connectivity index (χ0n) is 12.8. The molecule has 0 aliphatic heterocycles. The zero-order valence-corrected chi connectivity index (χ0v) is 13.7. The van der Waals surface area contributed by atoms with E-state index in [2.05, 4.69) is 5.32 Å². The van der Waals surface area contributed by atoms with Crippen LogP contribution in [0.15, 0.2) is 11.4 Å². The Balaban J connectivity index is 2.54. The van der Waals surface area contributed by atoms with Gasteiger partial charge in [0, 0.05) is 12.0 Å².